The maximum Gasteiger partial charge on any atom is 0.293 e. The molecule has 2 aromatic carbocycles. The zero-order valence-corrected chi connectivity index (χ0v) is 20.0. The van der Waals surface area contributed by atoms with Crippen LogP contribution in [0.5, 0.6) is 11.5 Å². The number of methoxy groups -OCH3 is 1. The third-order valence-corrected chi connectivity index (χ3v) is 6.48. The third kappa shape index (κ3) is 5.02. The van der Waals surface area contributed by atoms with Crippen LogP contribution in [0.15, 0.2) is 35.2 Å². The summed E-state index contributed by atoms with van der Waals surface area (Å²) in [5.41, 5.74) is 1.47. The van der Waals surface area contributed by atoms with E-state index in [1.165, 1.54) is 4.90 Å². The summed E-state index contributed by atoms with van der Waals surface area (Å²) >= 11 is 15.0. The molecule has 0 bridgehead atoms. The van der Waals surface area contributed by atoms with Gasteiger partial charge in [-0.1, -0.05) is 29.3 Å². The molecule has 0 atom stereocenters. The molecule has 9 heteroatoms. The quantitative estimate of drug-likeness (QED) is 0.307. The maximum absolute atomic E-state index is 12.8. The van der Waals surface area contributed by atoms with Gasteiger partial charge in [-0.05, 0) is 82.7 Å². The first-order valence-corrected chi connectivity index (χ1v) is 11.2. The van der Waals surface area contributed by atoms with Crippen molar-refractivity contribution < 1.29 is 19.1 Å². The van der Waals surface area contributed by atoms with Gasteiger partial charge in [-0.3, -0.25) is 14.5 Å². The molecule has 0 aromatic heterocycles. The Labute approximate surface area is 196 Å². The summed E-state index contributed by atoms with van der Waals surface area (Å²) < 4.78 is 11.9. The Kier molecular flexibility index (Phi) is 7.37. The van der Waals surface area contributed by atoms with Gasteiger partial charge >= 0.3 is 0 Å². The molecule has 0 unspecified atom stereocenters. The molecule has 1 aliphatic rings. The number of thioether (sulfide) groups is 1. The Bertz CT molecular complexity index is 1010. The second-order valence-corrected chi connectivity index (χ2v) is 8.95. The summed E-state index contributed by atoms with van der Waals surface area (Å²) in [4.78, 5) is 26.7. The van der Waals surface area contributed by atoms with E-state index in [2.05, 4.69) is 22.6 Å². The number of halogens is 3. The zero-order valence-electron chi connectivity index (χ0n) is 15.5. The van der Waals surface area contributed by atoms with E-state index in [0.717, 1.165) is 26.5 Å². The van der Waals surface area contributed by atoms with Gasteiger partial charge in [0.1, 0.15) is 0 Å². The number of rotatable bonds is 6. The van der Waals surface area contributed by atoms with Crippen LogP contribution in [0.4, 0.5) is 4.79 Å². The van der Waals surface area contributed by atoms with Crippen LogP contribution in [0.3, 0.4) is 0 Å². The molecule has 1 aliphatic heterocycles. The Morgan fingerprint density at radius 2 is 1.93 bits per heavy atom. The van der Waals surface area contributed by atoms with Gasteiger partial charge in [0.15, 0.2) is 11.5 Å². The van der Waals surface area contributed by atoms with Gasteiger partial charge in [0.25, 0.3) is 11.1 Å². The number of hydrogen-bond acceptors (Lipinski definition) is 5. The largest absolute Gasteiger partial charge is 0.492 e. The highest BCUT2D eigenvalue weighted by Gasteiger charge is 2.35. The first-order chi connectivity index (χ1) is 13.8. The molecule has 1 saturated heterocycles. The van der Waals surface area contributed by atoms with Crippen LogP contribution in [0, 0.1) is 3.57 Å². The van der Waals surface area contributed by atoms with Crippen molar-refractivity contribution >= 4 is 74.8 Å². The minimum atomic E-state index is -0.352. The number of nitrogens with zero attached hydrogens (tertiary/aromatic N) is 1. The Morgan fingerprint density at radius 3 is 2.59 bits per heavy atom. The first-order valence-electron chi connectivity index (χ1n) is 8.53. The van der Waals surface area contributed by atoms with Crippen LogP contribution in [-0.2, 0) is 11.3 Å². The minimum Gasteiger partial charge on any atom is -0.492 e. The summed E-state index contributed by atoms with van der Waals surface area (Å²) in [7, 11) is 1.58. The normalized spacial score (nSPS) is 15.3. The van der Waals surface area contributed by atoms with E-state index in [1.54, 1.807) is 37.5 Å². The summed E-state index contributed by atoms with van der Waals surface area (Å²) in [5.74, 6) is 0.871. The number of benzene rings is 2. The molecule has 1 heterocycles. The molecule has 152 valence electrons. The SMILES string of the molecule is CCOc1cc(/C=C2\SC(=O)N(Cc3ccc(Cl)c(Cl)c3)C2=O)cc(I)c1OC. The Morgan fingerprint density at radius 1 is 1.17 bits per heavy atom. The predicted octanol–water partition coefficient (Wildman–Crippen LogP) is 6.24. The van der Waals surface area contributed by atoms with Crippen LogP contribution in [0.1, 0.15) is 18.1 Å². The fourth-order valence-electron chi connectivity index (χ4n) is 2.74. The van der Waals surface area contributed by atoms with Gasteiger partial charge in [0.2, 0.25) is 0 Å². The molecule has 0 spiro atoms. The number of amides is 2. The second-order valence-electron chi connectivity index (χ2n) is 5.98. The van der Waals surface area contributed by atoms with E-state index in [0.29, 0.717) is 33.1 Å². The predicted molar refractivity (Wildman–Crippen MR) is 125 cm³/mol. The molecule has 0 saturated carbocycles. The summed E-state index contributed by atoms with van der Waals surface area (Å²) in [6.45, 7) is 2.49. The van der Waals surface area contributed by atoms with Gasteiger partial charge in [-0.15, -0.1) is 0 Å². The van der Waals surface area contributed by atoms with E-state index >= 15 is 0 Å². The van der Waals surface area contributed by atoms with Crippen LogP contribution >= 0.6 is 57.6 Å². The van der Waals surface area contributed by atoms with Gasteiger partial charge in [0, 0.05) is 0 Å². The van der Waals surface area contributed by atoms with Crippen LogP contribution in [0.2, 0.25) is 10.0 Å². The fraction of sp³-hybridized carbons (Fsp3) is 0.200. The van der Waals surface area contributed by atoms with Gasteiger partial charge in [-0.2, -0.15) is 0 Å². The smallest absolute Gasteiger partial charge is 0.293 e. The lowest BCUT2D eigenvalue weighted by atomic mass is 10.1. The average Bonchev–Trinajstić information content (AvgIpc) is 2.92. The monoisotopic (exact) mass is 563 g/mol. The molecule has 1 fully saturated rings. The molecule has 0 aliphatic carbocycles. The van der Waals surface area contributed by atoms with E-state index in [-0.39, 0.29) is 17.7 Å². The van der Waals surface area contributed by atoms with Crippen LogP contribution in [-0.4, -0.2) is 29.8 Å². The topological polar surface area (TPSA) is 55.8 Å². The van der Waals surface area contributed by atoms with Crippen molar-refractivity contribution in [1.29, 1.82) is 0 Å². The molecular weight excluding hydrogens is 548 g/mol. The standard InChI is InChI=1S/C20H16Cl2INO4S/c1-3-28-16-8-12(7-15(23)18(16)27-2)9-17-19(25)24(20(26)29-17)10-11-4-5-13(21)14(22)6-11/h4-9H,3,10H2,1-2H3/b17-9-. The minimum absolute atomic E-state index is 0.128. The molecular formula is C20H16Cl2INO4S. The lowest BCUT2D eigenvalue weighted by Crippen LogP contribution is -2.27. The number of carbonyl (C=O) groups excluding carboxylic acids is 2. The van der Waals surface area contributed by atoms with Crippen molar-refractivity contribution in [2.75, 3.05) is 13.7 Å². The van der Waals surface area contributed by atoms with Gasteiger partial charge in [-0.25, -0.2) is 0 Å². The van der Waals surface area contributed by atoms with Crippen molar-refractivity contribution in [3.8, 4) is 11.5 Å². The summed E-state index contributed by atoms with van der Waals surface area (Å²) in [5, 5.41) is 0.465. The van der Waals surface area contributed by atoms with E-state index in [4.69, 9.17) is 32.7 Å². The molecule has 3 rings (SSSR count). The lowest BCUT2D eigenvalue weighted by Gasteiger charge is -2.13. The maximum atomic E-state index is 12.8. The lowest BCUT2D eigenvalue weighted by molar-refractivity contribution is -0.123. The Balaban J connectivity index is 1.87. The fourth-order valence-corrected chi connectivity index (χ4v) is 4.75. The number of carbonyl (C=O) groups is 2. The van der Waals surface area contributed by atoms with Crippen molar-refractivity contribution in [1.82, 2.24) is 4.90 Å². The molecule has 2 aromatic rings. The average molecular weight is 564 g/mol. The molecule has 2 amide bonds. The highest BCUT2D eigenvalue weighted by atomic mass is 127. The van der Waals surface area contributed by atoms with E-state index in [1.807, 2.05) is 13.0 Å². The van der Waals surface area contributed by atoms with Crippen LogP contribution < -0.4 is 9.47 Å². The summed E-state index contributed by atoms with van der Waals surface area (Å²) in [6.07, 6.45) is 1.68. The number of hydrogen-bond donors (Lipinski definition) is 0. The van der Waals surface area contributed by atoms with E-state index in [9.17, 15) is 9.59 Å². The van der Waals surface area contributed by atoms with Gasteiger partial charge in [0.05, 0.1) is 38.8 Å². The van der Waals surface area contributed by atoms with E-state index < -0.39 is 0 Å². The first kappa shape index (κ1) is 22.3. The van der Waals surface area contributed by atoms with Crippen molar-refractivity contribution in [3.63, 3.8) is 0 Å². The zero-order chi connectivity index (χ0) is 21.1. The second kappa shape index (κ2) is 9.59. The molecule has 5 nitrogen and oxygen atoms in total. The highest BCUT2D eigenvalue weighted by Crippen LogP contribution is 2.38. The number of imide groups is 1. The molecule has 0 radical (unpaired) electrons. The summed E-state index contributed by atoms with van der Waals surface area (Å²) in [6, 6.07) is 8.69. The third-order valence-electron chi connectivity index (χ3n) is 4.03. The molecule has 29 heavy (non-hydrogen) atoms. The molecule has 0 N–H and O–H groups in total. The van der Waals surface area contributed by atoms with Crippen LogP contribution in [0.25, 0.3) is 6.08 Å². The van der Waals surface area contributed by atoms with Gasteiger partial charge < -0.3 is 9.47 Å². The van der Waals surface area contributed by atoms with Crippen molar-refractivity contribution in [3.05, 3.63) is 60.0 Å². The van der Waals surface area contributed by atoms with Crippen molar-refractivity contribution in [2.45, 2.75) is 13.5 Å². The number of ether oxygens (including phenoxy) is 2. The van der Waals surface area contributed by atoms with Crippen molar-refractivity contribution in [2.24, 2.45) is 0 Å². The highest BCUT2D eigenvalue weighted by molar-refractivity contribution is 14.1. The Hall–Kier alpha value is -1.42.